The molecule has 0 aliphatic heterocycles. The zero-order valence-corrected chi connectivity index (χ0v) is 18.5. The SMILES string of the molecule is O=C(O)C=C(c1ccoc1)c1ccc(COc2cc(F)cc(C(O)CCc3ncc[nH]3)c2)cc1O. The molecule has 4 aromatic rings. The number of aliphatic hydroxyl groups is 1. The van der Waals surface area contributed by atoms with Crippen LogP contribution in [-0.4, -0.2) is 31.3 Å². The molecule has 2 heterocycles. The quantitative estimate of drug-likeness (QED) is 0.245. The molecule has 1 atom stereocenters. The van der Waals surface area contributed by atoms with E-state index in [1.54, 1.807) is 36.7 Å². The number of nitrogens with zero attached hydrogens (tertiary/aromatic N) is 1. The second-order valence-electron chi connectivity index (χ2n) is 7.86. The van der Waals surface area contributed by atoms with Gasteiger partial charge in [-0.3, -0.25) is 0 Å². The smallest absolute Gasteiger partial charge is 0.328 e. The monoisotopic (exact) mass is 478 g/mol. The van der Waals surface area contributed by atoms with Crippen LogP contribution in [0.4, 0.5) is 4.39 Å². The molecule has 180 valence electrons. The average molecular weight is 478 g/mol. The Labute approximate surface area is 200 Å². The zero-order chi connectivity index (χ0) is 24.8. The number of furan rings is 1. The molecule has 4 N–H and O–H groups in total. The molecule has 2 aromatic carbocycles. The summed E-state index contributed by atoms with van der Waals surface area (Å²) in [6.07, 6.45) is 7.06. The van der Waals surface area contributed by atoms with Crippen LogP contribution in [0.25, 0.3) is 5.57 Å². The number of aliphatic hydroxyl groups excluding tert-OH is 1. The molecule has 0 fully saturated rings. The van der Waals surface area contributed by atoms with Gasteiger partial charge < -0.3 is 29.5 Å². The molecule has 35 heavy (non-hydrogen) atoms. The molecule has 0 spiro atoms. The number of aryl methyl sites for hydroxylation is 1. The van der Waals surface area contributed by atoms with Crippen LogP contribution in [0.2, 0.25) is 0 Å². The van der Waals surface area contributed by atoms with Gasteiger partial charge in [-0.05, 0) is 41.8 Å². The van der Waals surface area contributed by atoms with Crippen molar-refractivity contribution in [2.45, 2.75) is 25.6 Å². The molecule has 1 unspecified atom stereocenters. The summed E-state index contributed by atoms with van der Waals surface area (Å²) in [5.74, 6) is -0.898. The molecule has 9 heteroatoms. The van der Waals surface area contributed by atoms with Crippen molar-refractivity contribution in [1.29, 1.82) is 0 Å². The molecule has 2 aromatic heterocycles. The number of hydrogen-bond donors (Lipinski definition) is 4. The van der Waals surface area contributed by atoms with Crippen molar-refractivity contribution in [3.8, 4) is 11.5 Å². The lowest BCUT2D eigenvalue weighted by atomic mass is 9.97. The van der Waals surface area contributed by atoms with Crippen LogP contribution in [0, 0.1) is 5.82 Å². The van der Waals surface area contributed by atoms with E-state index in [2.05, 4.69) is 9.97 Å². The lowest BCUT2D eigenvalue weighted by Gasteiger charge is -2.14. The lowest BCUT2D eigenvalue weighted by molar-refractivity contribution is -0.131. The number of phenols is 1. The second kappa shape index (κ2) is 10.7. The number of aliphatic carboxylic acids is 1. The van der Waals surface area contributed by atoms with E-state index >= 15 is 0 Å². The summed E-state index contributed by atoms with van der Waals surface area (Å²) >= 11 is 0. The molecule has 4 rings (SSSR count). The van der Waals surface area contributed by atoms with Gasteiger partial charge in [0, 0.05) is 47.7 Å². The first-order valence-corrected chi connectivity index (χ1v) is 10.8. The highest BCUT2D eigenvalue weighted by molar-refractivity contribution is 5.96. The van der Waals surface area contributed by atoms with E-state index in [0.29, 0.717) is 35.1 Å². The van der Waals surface area contributed by atoms with E-state index in [1.807, 2.05) is 0 Å². The van der Waals surface area contributed by atoms with Gasteiger partial charge in [-0.2, -0.15) is 0 Å². The number of carboxylic acid groups (broad SMARTS) is 1. The Morgan fingerprint density at radius 1 is 1.23 bits per heavy atom. The van der Waals surface area contributed by atoms with E-state index < -0.39 is 17.9 Å². The summed E-state index contributed by atoms with van der Waals surface area (Å²) in [6, 6.07) is 10.3. The Bertz CT molecular complexity index is 1320. The first-order chi connectivity index (χ1) is 16.9. The van der Waals surface area contributed by atoms with Gasteiger partial charge in [0.05, 0.1) is 18.6 Å². The number of aromatic hydroxyl groups is 1. The summed E-state index contributed by atoms with van der Waals surface area (Å²) < 4.78 is 24.9. The number of phenolic OH excluding ortho intramolecular Hbond substituents is 1. The van der Waals surface area contributed by atoms with E-state index in [1.165, 1.54) is 30.7 Å². The maximum absolute atomic E-state index is 14.2. The molecule has 0 saturated carbocycles. The van der Waals surface area contributed by atoms with Gasteiger partial charge >= 0.3 is 5.97 Å². The third-order valence-corrected chi connectivity index (χ3v) is 5.35. The Balaban J connectivity index is 1.46. The molecule has 0 saturated heterocycles. The molecular weight excluding hydrogens is 455 g/mol. The van der Waals surface area contributed by atoms with E-state index in [9.17, 15) is 24.5 Å². The van der Waals surface area contributed by atoms with Crippen LogP contribution in [0.1, 0.15) is 40.6 Å². The van der Waals surface area contributed by atoms with E-state index in [0.717, 1.165) is 11.9 Å². The highest BCUT2D eigenvalue weighted by atomic mass is 19.1. The zero-order valence-electron chi connectivity index (χ0n) is 18.5. The number of carboxylic acids is 1. The fourth-order valence-electron chi connectivity index (χ4n) is 3.65. The van der Waals surface area contributed by atoms with Crippen molar-refractivity contribution in [2.75, 3.05) is 0 Å². The largest absolute Gasteiger partial charge is 0.507 e. The highest BCUT2D eigenvalue weighted by Crippen LogP contribution is 2.32. The number of H-pyrrole nitrogens is 1. The number of hydrogen-bond acceptors (Lipinski definition) is 6. The Morgan fingerprint density at radius 2 is 2.09 bits per heavy atom. The van der Waals surface area contributed by atoms with Gasteiger partial charge in [0.1, 0.15) is 29.7 Å². The maximum atomic E-state index is 14.2. The summed E-state index contributed by atoms with van der Waals surface area (Å²) in [7, 11) is 0. The number of aromatic amines is 1. The highest BCUT2D eigenvalue weighted by Gasteiger charge is 2.15. The molecule has 0 aliphatic rings. The van der Waals surface area contributed by atoms with Gasteiger partial charge in [0.25, 0.3) is 0 Å². The Hall–Kier alpha value is -4.37. The van der Waals surface area contributed by atoms with Crippen molar-refractivity contribution in [1.82, 2.24) is 9.97 Å². The third kappa shape index (κ3) is 6.15. The summed E-state index contributed by atoms with van der Waals surface area (Å²) in [4.78, 5) is 18.3. The molecule has 0 aliphatic carbocycles. The second-order valence-corrected chi connectivity index (χ2v) is 7.86. The van der Waals surface area contributed by atoms with Gasteiger partial charge in [0.15, 0.2) is 0 Å². The number of carbonyl (C=O) groups is 1. The Kier molecular flexibility index (Phi) is 7.27. The van der Waals surface area contributed by atoms with E-state index in [4.69, 9.17) is 9.15 Å². The summed E-state index contributed by atoms with van der Waals surface area (Å²) in [5.41, 5.74) is 2.06. The van der Waals surface area contributed by atoms with Crippen LogP contribution in [-0.2, 0) is 17.8 Å². The van der Waals surface area contributed by atoms with Gasteiger partial charge in [-0.25, -0.2) is 14.2 Å². The Morgan fingerprint density at radius 3 is 2.77 bits per heavy atom. The number of benzene rings is 2. The first-order valence-electron chi connectivity index (χ1n) is 10.8. The van der Waals surface area contributed by atoms with Gasteiger partial charge in [-0.1, -0.05) is 12.1 Å². The maximum Gasteiger partial charge on any atom is 0.328 e. The van der Waals surface area contributed by atoms with Crippen LogP contribution < -0.4 is 4.74 Å². The molecule has 0 radical (unpaired) electrons. The van der Waals surface area contributed by atoms with E-state index in [-0.39, 0.29) is 23.7 Å². The molecular formula is C26H23FN2O6. The normalized spacial score (nSPS) is 12.5. The topological polar surface area (TPSA) is 129 Å². The number of nitrogens with one attached hydrogen (secondary N) is 1. The predicted octanol–water partition coefficient (Wildman–Crippen LogP) is 4.61. The lowest BCUT2D eigenvalue weighted by Crippen LogP contribution is -2.03. The minimum atomic E-state index is -1.17. The van der Waals surface area contributed by atoms with Crippen LogP contribution in [0.3, 0.4) is 0 Å². The average Bonchev–Trinajstić information content (AvgIpc) is 3.54. The van der Waals surface area contributed by atoms with Gasteiger partial charge in [-0.15, -0.1) is 0 Å². The third-order valence-electron chi connectivity index (χ3n) is 5.35. The van der Waals surface area contributed by atoms with Crippen molar-refractivity contribution >= 4 is 11.5 Å². The fraction of sp³-hybridized carbons (Fsp3) is 0.154. The number of imidazole rings is 1. The van der Waals surface area contributed by atoms with Crippen molar-refractivity contribution in [3.05, 3.63) is 107 Å². The summed E-state index contributed by atoms with van der Waals surface area (Å²) in [6.45, 7) is 0.0168. The standard InChI is InChI=1S/C26H23FN2O6/c27-19-10-18(23(30)3-4-25-28-6-7-29-25)11-20(12-19)35-14-16-1-2-21(24(31)9-16)22(13-26(32)33)17-5-8-34-15-17/h1-2,5-13,15,23,30-31H,3-4,14H2,(H,28,29)(H,32,33). The minimum absolute atomic E-state index is 0.0168. The number of ether oxygens (including phenoxy) is 1. The van der Waals surface area contributed by atoms with Crippen LogP contribution >= 0.6 is 0 Å². The fourth-order valence-corrected chi connectivity index (χ4v) is 3.65. The molecule has 0 bridgehead atoms. The molecule has 0 amide bonds. The number of halogens is 1. The predicted molar refractivity (Wildman–Crippen MR) is 124 cm³/mol. The van der Waals surface area contributed by atoms with Gasteiger partial charge in [0.2, 0.25) is 0 Å². The van der Waals surface area contributed by atoms with Crippen LogP contribution in [0.15, 0.2) is 77.9 Å². The van der Waals surface area contributed by atoms with Crippen molar-refractivity contribution < 1.29 is 33.7 Å². The van der Waals surface area contributed by atoms with Crippen LogP contribution in [0.5, 0.6) is 11.5 Å². The minimum Gasteiger partial charge on any atom is -0.507 e. The van der Waals surface area contributed by atoms with Crippen molar-refractivity contribution in [3.63, 3.8) is 0 Å². The number of rotatable bonds is 10. The first kappa shape index (κ1) is 23.8. The van der Waals surface area contributed by atoms with Crippen molar-refractivity contribution in [2.24, 2.45) is 0 Å². The summed E-state index contributed by atoms with van der Waals surface area (Å²) in [5, 5.41) is 30.2. The molecule has 8 nitrogen and oxygen atoms in total. The number of aromatic nitrogens is 2.